The third-order valence-corrected chi connectivity index (χ3v) is 5.31. The maximum atomic E-state index is 13.2. The van der Waals surface area contributed by atoms with E-state index in [2.05, 4.69) is 5.32 Å². The molecular formula is C19H23FN2O3S. The van der Waals surface area contributed by atoms with E-state index >= 15 is 0 Å². The lowest BCUT2D eigenvalue weighted by Crippen LogP contribution is -2.49. The van der Waals surface area contributed by atoms with Crippen molar-refractivity contribution in [1.29, 1.82) is 0 Å². The number of nitrogens with one attached hydrogen (secondary N) is 1. The van der Waals surface area contributed by atoms with Crippen LogP contribution in [0.4, 0.5) is 10.1 Å². The Morgan fingerprint density at radius 3 is 2.31 bits per heavy atom. The number of nitrogens with zero attached hydrogens (tertiary/aromatic N) is 1. The van der Waals surface area contributed by atoms with Gasteiger partial charge in [0.05, 0.1) is 11.9 Å². The number of anilines is 1. The van der Waals surface area contributed by atoms with E-state index in [9.17, 15) is 17.6 Å². The summed E-state index contributed by atoms with van der Waals surface area (Å²) in [5.74, 6) is -0.871. The lowest BCUT2D eigenvalue weighted by atomic mass is 10.1. The molecule has 0 aromatic heterocycles. The first-order chi connectivity index (χ1) is 12.2. The zero-order chi connectivity index (χ0) is 19.3. The van der Waals surface area contributed by atoms with E-state index in [0.717, 1.165) is 21.7 Å². The Bertz CT molecular complexity index is 867. The number of aryl methyl sites for hydroxylation is 1. The van der Waals surface area contributed by atoms with Crippen LogP contribution >= 0.6 is 0 Å². The predicted molar refractivity (Wildman–Crippen MR) is 101 cm³/mol. The fraction of sp³-hybridized carbons (Fsp3) is 0.316. The molecule has 7 heteroatoms. The highest BCUT2D eigenvalue weighted by atomic mass is 32.2. The number of hydrogen-bond acceptors (Lipinski definition) is 3. The first-order valence-electron chi connectivity index (χ1n) is 8.31. The van der Waals surface area contributed by atoms with Crippen molar-refractivity contribution < 1.29 is 17.6 Å². The molecule has 0 radical (unpaired) electrons. The smallest absolute Gasteiger partial charge is 0.244 e. The van der Waals surface area contributed by atoms with E-state index < -0.39 is 27.8 Å². The van der Waals surface area contributed by atoms with Gasteiger partial charge in [-0.3, -0.25) is 9.10 Å². The molecule has 0 aliphatic heterocycles. The van der Waals surface area contributed by atoms with Gasteiger partial charge in [0.15, 0.2) is 0 Å². The number of benzene rings is 2. The summed E-state index contributed by atoms with van der Waals surface area (Å²) in [4.78, 5) is 12.7. The van der Waals surface area contributed by atoms with Gasteiger partial charge >= 0.3 is 0 Å². The summed E-state index contributed by atoms with van der Waals surface area (Å²) in [6.07, 6.45) is 1.32. The number of rotatable bonds is 7. The largest absolute Gasteiger partial charge is 0.350 e. The number of carbonyl (C=O) groups is 1. The number of carbonyl (C=O) groups excluding carboxylic acids is 1. The summed E-state index contributed by atoms with van der Waals surface area (Å²) in [7, 11) is -3.73. The molecule has 0 heterocycles. The second-order valence-corrected chi connectivity index (χ2v) is 7.96. The second-order valence-electron chi connectivity index (χ2n) is 6.10. The lowest BCUT2D eigenvalue weighted by molar-refractivity contribution is -0.122. The Labute approximate surface area is 153 Å². The summed E-state index contributed by atoms with van der Waals surface area (Å²) >= 11 is 0. The van der Waals surface area contributed by atoms with Crippen LogP contribution in [-0.2, 0) is 21.4 Å². The van der Waals surface area contributed by atoms with Crippen molar-refractivity contribution in [2.75, 3.05) is 10.6 Å². The zero-order valence-corrected chi connectivity index (χ0v) is 15.9. The van der Waals surface area contributed by atoms with Crippen LogP contribution in [0.2, 0.25) is 0 Å². The zero-order valence-electron chi connectivity index (χ0n) is 15.1. The molecule has 0 aliphatic carbocycles. The third-order valence-electron chi connectivity index (χ3n) is 4.13. The molecule has 5 nitrogen and oxygen atoms in total. The van der Waals surface area contributed by atoms with Gasteiger partial charge in [-0.25, -0.2) is 12.8 Å². The van der Waals surface area contributed by atoms with Gasteiger partial charge in [-0.05, 0) is 48.7 Å². The molecule has 0 bridgehead atoms. The van der Waals surface area contributed by atoms with Crippen LogP contribution in [0, 0.1) is 12.7 Å². The summed E-state index contributed by atoms with van der Waals surface area (Å²) in [6.45, 7) is 3.99. The Balaban J connectivity index is 2.25. The third kappa shape index (κ3) is 4.82. The van der Waals surface area contributed by atoms with Crippen LogP contribution < -0.4 is 9.62 Å². The molecule has 0 saturated carbocycles. The average molecular weight is 378 g/mol. The first-order valence-corrected chi connectivity index (χ1v) is 10.2. The monoisotopic (exact) mass is 378 g/mol. The molecule has 1 amide bonds. The van der Waals surface area contributed by atoms with Crippen molar-refractivity contribution in [3.8, 4) is 0 Å². The lowest BCUT2D eigenvalue weighted by Gasteiger charge is -2.30. The summed E-state index contributed by atoms with van der Waals surface area (Å²) in [6, 6.07) is 11.8. The average Bonchev–Trinajstić information content (AvgIpc) is 2.58. The van der Waals surface area contributed by atoms with Gasteiger partial charge in [-0.2, -0.15) is 0 Å². The topological polar surface area (TPSA) is 66.5 Å². The molecule has 140 valence electrons. The van der Waals surface area contributed by atoms with Crippen molar-refractivity contribution in [2.24, 2.45) is 0 Å². The van der Waals surface area contributed by atoms with E-state index in [1.54, 1.807) is 6.92 Å². The molecule has 0 spiro atoms. The Morgan fingerprint density at radius 2 is 1.77 bits per heavy atom. The van der Waals surface area contributed by atoms with Crippen molar-refractivity contribution in [1.82, 2.24) is 5.32 Å². The summed E-state index contributed by atoms with van der Waals surface area (Å²) in [5.41, 5.74) is 2.26. The number of amides is 1. The molecule has 2 aromatic rings. The summed E-state index contributed by atoms with van der Waals surface area (Å²) in [5, 5.41) is 2.81. The molecule has 0 aliphatic rings. The highest BCUT2D eigenvalue weighted by Crippen LogP contribution is 2.23. The van der Waals surface area contributed by atoms with Gasteiger partial charge in [-0.15, -0.1) is 0 Å². The van der Waals surface area contributed by atoms with Gasteiger partial charge in [0.25, 0.3) is 0 Å². The van der Waals surface area contributed by atoms with Crippen LogP contribution in [0.15, 0.2) is 48.5 Å². The SMILES string of the molecule is CC[C@H](C(=O)NCc1ccccc1C)N(c1ccc(F)cc1)S(C)(=O)=O. The normalized spacial score (nSPS) is 12.5. The van der Waals surface area contributed by atoms with Crippen molar-refractivity contribution in [3.63, 3.8) is 0 Å². The maximum Gasteiger partial charge on any atom is 0.244 e. The molecule has 0 fully saturated rings. The van der Waals surface area contributed by atoms with E-state index in [1.165, 1.54) is 24.3 Å². The molecule has 2 rings (SSSR count). The van der Waals surface area contributed by atoms with Gasteiger partial charge in [0, 0.05) is 6.54 Å². The van der Waals surface area contributed by atoms with Gasteiger partial charge in [-0.1, -0.05) is 31.2 Å². The molecular weight excluding hydrogens is 355 g/mol. The highest BCUT2D eigenvalue weighted by Gasteiger charge is 2.31. The Morgan fingerprint density at radius 1 is 1.15 bits per heavy atom. The quantitative estimate of drug-likeness (QED) is 0.805. The van der Waals surface area contributed by atoms with Crippen LogP contribution in [0.25, 0.3) is 0 Å². The first kappa shape index (κ1) is 19.9. The Hall–Kier alpha value is -2.41. The Kier molecular flexibility index (Phi) is 6.37. The van der Waals surface area contributed by atoms with Gasteiger partial charge < -0.3 is 5.32 Å². The maximum absolute atomic E-state index is 13.2. The molecule has 1 atom stereocenters. The fourth-order valence-electron chi connectivity index (χ4n) is 2.76. The molecule has 26 heavy (non-hydrogen) atoms. The minimum absolute atomic E-state index is 0.256. The van der Waals surface area contributed by atoms with E-state index in [0.29, 0.717) is 6.54 Å². The second kappa shape index (κ2) is 8.31. The predicted octanol–water partition coefficient (Wildman–Crippen LogP) is 3.00. The van der Waals surface area contributed by atoms with Crippen molar-refractivity contribution in [3.05, 3.63) is 65.5 Å². The van der Waals surface area contributed by atoms with Gasteiger partial charge in [0.2, 0.25) is 15.9 Å². The van der Waals surface area contributed by atoms with Crippen molar-refractivity contribution in [2.45, 2.75) is 32.9 Å². The van der Waals surface area contributed by atoms with Crippen LogP contribution in [0.1, 0.15) is 24.5 Å². The van der Waals surface area contributed by atoms with E-state index in [1.807, 2.05) is 31.2 Å². The number of hydrogen-bond donors (Lipinski definition) is 1. The molecule has 2 aromatic carbocycles. The minimum atomic E-state index is -3.73. The standard InChI is InChI=1S/C19H23FN2O3S/c1-4-18(19(23)21-13-15-8-6-5-7-14(15)2)22(26(3,24)25)17-11-9-16(20)10-12-17/h5-12,18H,4,13H2,1-3H3,(H,21,23)/t18-/m1/s1. The molecule has 0 unspecified atom stereocenters. The fourth-order valence-corrected chi connectivity index (χ4v) is 3.97. The number of sulfonamides is 1. The van der Waals surface area contributed by atoms with Crippen LogP contribution in [0.5, 0.6) is 0 Å². The van der Waals surface area contributed by atoms with E-state index in [-0.39, 0.29) is 12.1 Å². The molecule has 0 saturated heterocycles. The van der Waals surface area contributed by atoms with Gasteiger partial charge in [0.1, 0.15) is 11.9 Å². The minimum Gasteiger partial charge on any atom is -0.350 e. The molecule has 1 N–H and O–H groups in total. The highest BCUT2D eigenvalue weighted by molar-refractivity contribution is 7.92. The van der Waals surface area contributed by atoms with Crippen LogP contribution in [-0.4, -0.2) is 26.6 Å². The van der Waals surface area contributed by atoms with E-state index in [4.69, 9.17) is 0 Å². The van der Waals surface area contributed by atoms with Crippen molar-refractivity contribution >= 4 is 21.6 Å². The van der Waals surface area contributed by atoms with Crippen LogP contribution in [0.3, 0.4) is 0 Å². The summed E-state index contributed by atoms with van der Waals surface area (Å²) < 4.78 is 38.8. The number of halogens is 1.